The van der Waals surface area contributed by atoms with Crippen molar-refractivity contribution in [1.29, 1.82) is 0 Å². The predicted octanol–water partition coefficient (Wildman–Crippen LogP) is 5.30. The average Bonchev–Trinajstić information content (AvgIpc) is 2.71. The second-order valence-corrected chi connectivity index (χ2v) is 6.11. The molecule has 0 amide bonds. The lowest BCUT2D eigenvalue weighted by molar-refractivity contribution is 0.243. The molecule has 0 atom stereocenters. The Hall–Kier alpha value is -3.34. The Balaban J connectivity index is 0.00000136. The number of aliphatic imine (C=N–C) groups is 1. The van der Waals surface area contributed by atoms with Crippen molar-refractivity contribution in [2.24, 2.45) is 10.7 Å². The van der Waals surface area contributed by atoms with E-state index in [9.17, 15) is 5.11 Å². The molecular weight excluding hydrogens is 350 g/mol. The summed E-state index contributed by atoms with van der Waals surface area (Å²) in [4.78, 5) is 8.67. The van der Waals surface area contributed by atoms with Crippen molar-refractivity contribution in [2.45, 2.75) is 33.8 Å². The maximum atomic E-state index is 9.50. The smallest absolute Gasteiger partial charge is 0.150 e. The summed E-state index contributed by atoms with van der Waals surface area (Å²) in [5.41, 5.74) is 9.25. The third-order valence-corrected chi connectivity index (χ3v) is 3.68. The predicted molar refractivity (Wildman–Crippen MR) is 115 cm³/mol. The van der Waals surface area contributed by atoms with Crippen molar-refractivity contribution in [3.8, 4) is 22.6 Å². The van der Waals surface area contributed by atoms with Gasteiger partial charge in [0.25, 0.3) is 0 Å². The molecule has 0 unspecified atom stereocenters. The highest BCUT2D eigenvalue weighted by Gasteiger charge is 2.10. The van der Waals surface area contributed by atoms with Crippen molar-refractivity contribution < 1.29 is 9.84 Å². The third-order valence-electron chi connectivity index (χ3n) is 3.68. The van der Waals surface area contributed by atoms with Crippen LogP contribution in [0.5, 0.6) is 11.5 Å². The molecule has 0 spiro atoms. The minimum Gasteiger partial charge on any atom is -0.508 e. The molecule has 0 bridgehead atoms. The summed E-state index contributed by atoms with van der Waals surface area (Å²) >= 11 is 0. The van der Waals surface area contributed by atoms with Gasteiger partial charge in [-0.2, -0.15) is 0 Å². The number of pyridine rings is 1. The number of hydrogen-bond donors (Lipinski definition) is 2. The highest BCUT2D eigenvalue weighted by Crippen LogP contribution is 2.35. The molecule has 2 aromatic carbocycles. The molecule has 0 aliphatic heterocycles. The van der Waals surface area contributed by atoms with E-state index in [0.717, 1.165) is 11.1 Å². The Morgan fingerprint density at radius 3 is 2.36 bits per heavy atom. The molecule has 3 N–H and O–H groups in total. The fraction of sp³-hybridized carbons (Fsp3) is 0.217. The van der Waals surface area contributed by atoms with Crippen molar-refractivity contribution in [3.63, 3.8) is 0 Å². The maximum Gasteiger partial charge on any atom is 0.150 e. The molecule has 0 fully saturated rings. The first kappa shape index (κ1) is 21.0. The molecule has 0 radical (unpaired) electrons. The number of ether oxygens (including phenoxy) is 1. The van der Waals surface area contributed by atoms with Crippen LogP contribution in [0.4, 0.5) is 5.69 Å². The van der Waals surface area contributed by atoms with Gasteiger partial charge >= 0.3 is 0 Å². The highest BCUT2D eigenvalue weighted by atomic mass is 16.5. The Morgan fingerprint density at radius 2 is 1.75 bits per heavy atom. The molecule has 0 aliphatic rings. The zero-order valence-corrected chi connectivity index (χ0v) is 16.8. The number of amidine groups is 1. The third kappa shape index (κ3) is 5.58. The van der Waals surface area contributed by atoms with Crippen LogP contribution in [-0.2, 0) is 0 Å². The van der Waals surface area contributed by atoms with Crippen LogP contribution in [-0.4, -0.2) is 22.0 Å². The molecule has 0 aliphatic carbocycles. The van der Waals surface area contributed by atoms with Gasteiger partial charge in [0, 0.05) is 17.8 Å². The van der Waals surface area contributed by atoms with E-state index in [1.165, 1.54) is 0 Å². The summed E-state index contributed by atoms with van der Waals surface area (Å²) in [7, 11) is 0. The van der Waals surface area contributed by atoms with Gasteiger partial charge in [-0.05, 0) is 55.8 Å². The minimum atomic E-state index is 0.0123. The second kappa shape index (κ2) is 10.1. The number of phenols is 1. The fourth-order valence-corrected chi connectivity index (χ4v) is 2.52. The molecule has 28 heavy (non-hydrogen) atoms. The molecule has 146 valence electrons. The lowest BCUT2D eigenvalue weighted by Gasteiger charge is -2.15. The SMILES string of the molecule is CC.CC(C)Oc1cc(N=C(N)c2ccccn2)ccc1-c1ccc(O)cc1. The number of nitrogens with zero attached hydrogens (tertiary/aromatic N) is 2. The van der Waals surface area contributed by atoms with E-state index in [2.05, 4.69) is 9.98 Å². The van der Waals surface area contributed by atoms with Crippen LogP contribution in [0.1, 0.15) is 33.4 Å². The van der Waals surface area contributed by atoms with E-state index >= 15 is 0 Å². The van der Waals surface area contributed by atoms with Crippen LogP contribution in [0.3, 0.4) is 0 Å². The molecule has 3 aromatic rings. The standard InChI is InChI=1S/C21H21N3O2.C2H6/c1-14(2)26-20-13-16(24-21(22)19-5-3-4-12-23-19)8-11-18(20)15-6-9-17(25)10-7-15;1-2/h3-14,25H,1-2H3,(H2,22,24);1-2H3. The van der Waals surface area contributed by atoms with Crippen LogP contribution >= 0.6 is 0 Å². The van der Waals surface area contributed by atoms with Crippen LogP contribution in [0, 0.1) is 0 Å². The summed E-state index contributed by atoms with van der Waals surface area (Å²) in [6.07, 6.45) is 1.69. The maximum absolute atomic E-state index is 9.50. The van der Waals surface area contributed by atoms with Gasteiger partial charge in [-0.15, -0.1) is 0 Å². The van der Waals surface area contributed by atoms with E-state index < -0.39 is 0 Å². The van der Waals surface area contributed by atoms with E-state index in [0.29, 0.717) is 23.0 Å². The van der Waals surface area contributed by atoms with E-state index in [1.54, 1.807) is 18.3 Å². The quantitative estimate of drug-likeness (QED) is 0.467. The van der Waals surface area contributed by atoms with Gasteiger partial charge in [0.1, 0.15) is 23.0 Å². The van der Waals surface area contributed by atoms with Gasteiger partial charge in [-0.3, -0.25) is 4.98 Å². The minimum absolute atomic E-state index is 0.0123. The molecule has 1 heterocycles. The monoisotopic (exact) mass is 377 g/mol. The Morgan fingerprint density at radius 1 is 1.04 bits per heavy atom. The fourth-order valence-electron chi connectivity index (χ4n) is 2.52. The van der Waals surface area contributed by atoms with Gasteiger partial charge < -0.3 is 15.6 Å². The Kier molecular flexibility index (Phi) is 7.57. The lowest BCUT2D eigenvalue weighted by atomic mass is 10.0. The van der Waals surface area contributed by atoms with Gasteiger partial charge in [0.15, 0.2) is 0 Å². The number of rotatable bonds is 5. The summed E-state index contributed by atoms with van der Waals surface area (Å²) in [6, 6.07) is 18.2. The number of hydrogen-bond acceptors (Lipinski definition) is 4. The number of benzene rings is 2. The van der Waals surface area contributed by atoms with Crippen molar-refractivity contribution >= 4 is 11.5 Å². The van der Waals surface area contributed by atoms with Gasteiger partial charge in [0.05, 0.1) is 11.8 Å². The van der Waals surface area contributed by atoms with Gasteiger partial charge in [-0.25, -0.2) is 4.99 Å². The lowest BCUT2D eigenvalue weighted by Crippen LogP contribution is -2.14. The van der Waals surface area contributed by atoms with Crippen molar-refractivity contribution in [3.05, 3.63) is 72.6 Å². The van der Waals surface area contributed by atoms with E-state index in [-0.39, 0.29) is 11.9 Å². The number of phenolic OH excluding ortho intramolecular Hbond substituents is 1. The first-order chi connectivity index (χ1) is 13.5. The van der Waals surface area contributed by atoms with Crippen LogP contribution in [0.2, 0.25) is 0 Å². The van der Waals surface area contributed by atoms with Crippen LogP contribution < -0.4 is 10.5 Å². The highest BCUT2D eigenvalue weighted by molar-refractivity contribution is 5.97. The molecular formula is C23H27N3O2. The zero-order valence-electron chi connectivity index (χ0n) is 16.8. The summed E-state index contributed by atoms with van der Waals surface area (Å²) in [5, 5.41) is 9.50. The second-order valence-electron chi connectivity index (χ2n) is 6.11. The van der Waals surface area contributed by atoms with E-state index in [4.69, 9.17) is 10.5 Å². The zero-order chi connectivity index (χ0) is 20.5. The summed E-state index contributed by atoms with van der Waals surface area (Å²) in [6.45, 7) is 7.94. The summed E-state index contributed by atoms with van der Waals surface area (Å²) in [5.74, 6) is 1.28. The first-order valence-electron chi connectivity index (χ1n) is 9.38. The normalized spacial score (nSPS) is 11.0. The first-order valence-corrected chi connectivity index (χ1v) is 9.38. The topological polar surface area (TPSA) is 80.7 Å². The van der Waals surface area contributed by atoms with Crippen molar-refractivity contribution in [1.82, 2.24) is 4.98 Å². The van der Waals surface area contributed by atoms with Gasteiger partial charge in [0.2, 0.25) is 0 Å². The van der Waals surface area contributed by atoms with Crippen LogP contribution in [0.15, 0.2) is 71.9 Å². The summed E-state index contributed by atoms with van der Waals surface area (Å²) < 4.78 is 5.97. The number of aromatic hydroxyl groups is 1. The Labute approximate surface area is 166 Å². The largest absolute Gasteiger partial charge is 0.508 e. The molecule has 5 nitrogen and oxygen atoms in total. The number of nitrogens with two attached hydrogens (primary N) is 1. The molecule has 5 heteroatoms. The molecule has 0 saturated carbocycles. The van der Waals surface area contributed by atoms with Crippen molar-refractivity contribution in [2.75, 3.05) is 0 Å². The molecule has 0 saturated heterocycles. The average molecular weight is 377 g/mol. The molecule has 1 aromatic heterocycles. The van der Waals surface area contributed by atoms with Gasteiger partial charge in [-0.1, -0.05) is 32.0 Å². The molecule has 3 rings (SSSR count). The number of aromatic nitrogens is 1. The Bertz CT molecular complexity index is 905. The van der Waals surface area contributed by atoms with Crippen LogP contribution in [0.25, 0.3) is 11.1 Å². The van der Waals surface area contributed by atoms with E-state index in [1.807, 2.05) is 76.2 Å².